The van der Waals surface area contributed by atoms with Crippen molar-refractivity contribution in [3.63, 3.8) is 0 Å². The summed E-state index contributed by atoms with van der Waals surface area (Å²) in [5.74, 6) is 0.617. The molecular formula is C18H26N2O3. The lowest BCUT2D eigenvalue weighted by Crippen LogP contribution is -2.35. The number of phenolic OH excluding ortho intramolecular Hbond substituents is 1. The number of rotatable bonds is 6. The largest absolute Gasteiger partial charge is 0.508 e. The maximum absolute atomic E-state index is 12.2. The summed E-state index contributed by atoms with van der Waals surface area (Å²) in [6.07, 6.45) is 3.77. The van der Waals surface area contributed by atoms with Crippen LogP contribution < -0.4 is 0 Å². The zero-order chi connectivity index (χ0) is 16.8. The van der Waals surface area contributed by atoms with Crippen molar-refractivity contribution in [2.75, 3.05) is 33.7 Å². The first-order valence-corrected chi connectivity index (χ1v) is 8.20. The van der Waals surface area contributed by atoms with Gasteiger partial charge in [-0.25, -0.2) is 0 Å². The van der Waals surface area contributed by atoms with Gasteiger partial charge in [-0.3, -0.25) is 9.59 Å². The summed E-state index contributed by atoms with van der Waals surface area (Å²) in [7, 11) is 3.80. The molecule has 0 spiro atoms. The molecule has 2 rings (SSSR count). The molecule has 1 N–H and O–H groups in total. The van der Waals surface area contributed by atoms with Gasteiger partial charge < -0.3 is 14.9 Å². The Morgan fingerprint density at radius 3 is 2.65 bits per heavy atom. The Balaban J connectivity index is 1.78. The molecule has 0 aromatic heterocycles. The van der Waals surface area contributed by atoms with Crippen molar-refractivity contribution in [2.24, 2.45) is 5.92 Å². The smallest absolute Gasteiger partial charge is 0.222 e. The minimum atomic E-state index is -0.113. The molecule has 1 aliphatic heterocycles. The van der Waals surface area contributed by atoms with Crippen LogP contribution in [0.25, 0.3) is 0 Å². The summed E-state index contributed by atoms with van der Waals surface area (Å²) in [5.41, 5.74) is 0.511. The van der Waals surface area contributed by atoms with E-state index in [1.165, 1.54) is 29.9 Å². The Kier molecular flexibility index (Phi) is 6.16. The summed E-state index contributed by atoms with van der Waals surface area (Å²) >= 11 is 0. The van der Waals surface area contributed by atoms with Crippen LogP contribution in [0.2, 0.25) is 0 Å². The van der Waals surface area contributed by atoms with Crippen molar-refractivity contribution in [1.82, 2.24) is 9.80 Å². The van der Waals surface area contributed by atoms with E-state index in [-0.39, 0.29) is 24.0 Å². The topological polar surface area (TPSA) is 60.9 Å². The highest BCUT2D eigenvalue weighted by Crippen LogP contribution is 2.20. The van der Waals surface area contributed by atoms with E-state index in [9.17, 15) is 14.7 Å². The van der Waals surface area contributed by atoms with E-state index in [0.29, 0.717) is 17.9 Å². The lowest BCUT2D eigenvalue weighted by atomic mass is 9.93. The highest BCUT2D eigenvalue weighted by Gasteiger charge is 2.20. The van der Waals surface area contributed by atoms with Crippen LogP contribution >= 0.6 is 0 Å². The number of Topliss-reactive ketones (excluding diaryl/α,β-unsaturated/α-hetero) is 1. The Bertz CT molecular complexity index is 542. The van der Waals surface area contributed by atoms with Crippen molar-refractivity contribution in [2.45, 2.75) is 25.7 Å². The van der Waals surface area contributed by atoms with Gasteiger partial charge in [0.25, 0.3) is 0 Å². The van der Waals surface area contributed by atoms with Crippen LogP contribution in [-0.2, 0) is 4.79 Å². The van der Waals surface area contributed by atoms with E-state index < -0.39 is 0 Å². The lowest BCUT2D eigenvalue weighted by molar-refractivity contribution is -0.129. The number of hydrogen-bond donors (Lipinski definition) is 1. The molecule has 1 unspecified atom stereocenters. The predicted molar refractivity (Wildman–Crippen MR) is 89.5 cm³/mol. The number of likely N-dealkylation sites (N-methyl/N-ethyl adjacent to an activating group) is 1. The predicted octanol–water partition coefficient (Wildman–Crippen LogP) is 2.16. The molecule has 1 fully saturated rings. The second kappa shape index (κ2) is 8.11. The van der Waals surface area contributed by atoms with E-state index in [1.807, 2.05) is 0 Å². The van der Waals surface area contributed by atoms with E-state index >= 15 is 0 Å². The molecule has 5 nitrogen and oxygen atoms in total. The number of hydrogen-bond acceptors (Lipinski definition) is 4. The molecule has 1 atom stereocenters. The fourth-order valence-electron chi connectivity index (χ4n) is 3.07. The van der Waals surface area contributed by atoms with Gasteiger partial charge in [-0.1, -0.05) is 0 Å². The second-order valence-electron chi connectivity index (χ2n) is 6.53. The number of ketones is 1. The number of aromatic hydroxyl groups is 1. The fraction of sp³-hybridized carbons (Fsp3) is 0.556. The summed E-state index contributed by atoms with van der Waals surface area (Å²) in [6.45, 7) is 2.28. The van der Waals surface area contributed by atoms with Crippen LogP contribution in [-0.4, -0.2) is 60.3 Å². The van der Waals surface area contributed by atoms with Crippen LogP contribution in [0, 0.1) is 5.92 Å². The molecule has 1 aliphatic rings. The maximum Gasteiger partial charge on any atom is 0.222 e. The van der Waals surface area contributed by atoms with Crippen molar-refractivity contribution in [3.8, 4) is 5.75 Å². The average molecular weight is 318 g/mol. The van der Waals surface area contributed by atoms with Gasteiger partial charge in [-0.2, -0.15) is 0 Å². The summed E-state index contributed by atoms with van der Waals surface area (Å²) in [6, 6.07) is 6.12. The number of phenols is 1. The number of nitrogens with zero attached hydrogens (tertiary/aromatic N) is 2. The number of piperidine rings is 1. The third kappa shape index (κ3) is 5.36. The number of amides is 1. The van der Waals surface area contributed by atoms with Crippen LogP contribution in [0.3, 0.4) is 0 Å². The van der Waals surface area contributed by atoms with Gasteiger partial charge in [0.2, 0.25) is 5.91 Å². The van der Waals surface area contributed by atoms with E-state index in [2.05, 4.69) is 11.9 Å². The molecule has 0 radical (unpaired) electrons. The van der Waals surface area contributed by atoms with E-state index in [1.54, 1.807) is 19.2 Å². The first-order valence-electron chi connectivity index (χ1n) is 8.20. The summed E-state index contributed by atoms with van der Waals surface area (Å²) in [5, 5.41) is 9.24. The summed E-state index contributed by atoms with van der Waals surface area (Å²) < 4.78 is 0. The molecule has 0 saturated carbocycles. The quantitative estimate of drug-likeness (QED) is 0.817. The molecule has 1 heterocycles. The third-order valence-electron chi connectivity index (χ3n) is 4.48. The molecule has 1 aromatic carbocycles. The Labute approximate surface area is 137 Å². The SMILES string of the molecule is CN1CCCC(CCC(=O)N(C)CC(=O)c2ccc(O)cc2)C1. The number of likely N-dealkylation sites (tertiary alicyclic amines) is 1. The van der Waals surface area contributed by atoms with Gasteiger partial charge in [-0.15, -0.1) is 0 Å². The van der Waals surface area contributed by atoms with E-state index in [0.717, 1.165) is 19.5 Å². The minimum absolute atomic E-state index is 0.0188. The molecule has 5 heteroatoms. The molecule has 0 aliphatic carbocycles. The zero-order valence-electron chi connectivity index (χ0n) is 14.0. The first kappa shape index (κ1) is 17.5. The van der Waals surface area contributed by atoms with Crippen LogP contribution in [0.15, 0.2) is 24.3 Å². The summed E-state index contributed by atoms with van der Waals surface area (Å²) in [4.78, 5) is 28.2. The lowest BCUT2D eigenvalue weighted by Gasteiger charge is -2.29. The monoisotopic (exact) mass is 318 g/mol. The highest BCUT2D eigenvalue weighted by molar-refractivity contribution is 5.99. The number of carbonyl (C=O) groups is 2. The van der Waals surface area contributed by atoms with Gasteiger partial charge in [0.1, 0.15) is 5.75 Å². The standard InChI is InChI=1S/C18H26N2O3/c1-19-11-3-4-14(12-19)5-10-18(23)20(2)13-17(22)15-6-8-16(21)9-7-15/h6-9,14,21H,3-5,10-13H2,1-2H3. The molecule has 1 aromatic rings. The third-order valence-corrected chi connectivity index (χ3v) is 4.48. The molecule has 0 bridgehead atoms. The first-order chi connectivity index (χ1) is 11.0. The molecule has 23 heavy (non-hydrogen) atoms. The zero-order valence-corrected chi connectivity index (χ0v) is 14.0. The molecule has 1 saturated heterocycles. The van der Waals surface area contributed by atoms with Gasteiger partial charge >= 0.3 is 0 Å². The van der Waals surface area contributed by atoms with Gasteiger partial charge in [-0.05, 0) is 63.0 Å². The molecular weight excluding hydrogens is 292 g/mol. The van der Waals surface area contributed by atoms with Crippen LogP contribution in [0.4, 0.5) is 0 Å². The van der Waals surface area contributed by atoms with Gasteiger partial charge in [0.15, 0.2) is 5.78 Å². The molecule has 126 valence electrons. The van der Waals surface area contributed by atoms with Crippen molar-refractivity contribution < 1.29 is 14.7 Å². The second-order valence-corrected chi connectivity index (χ2v) is 6.53. The minimum Gasteiger partial charge on any atom is -0.508 e. The van der Waals surface area contributed by atoms with Crippen molar-refractivity contribution in [3.05, 3.63) is 29.8 Å². The van der Waals surface area contributed by atoms with Crippen LogP contribution in [0.5, 0.6) is 5.75 Å². The number of carbonyl (C=O) groups excluding carboxylic acids is 2. The van der Waals surface area contributed by atoms with Crippen LogP contribution in [0.1, 0.15) is 36.0 Å². The Morgan fingerprint density at radius 1 is 1.30 bits per heavy atom. The average Bonchev–Trinajstić information content (AvgIpc) is 2.53. The Hall–Kier alpha value is -1.88. The van der Waals surface area contributed by atoms with E-state index in [4.69, 9.17) is 0 Å². The van der Waals surface area contributed by atoms with Crippen molar-refractivity contribution >= 4 is 11.7 Å². The maximum atomic E-state index is 12.2. The molecule has 1 amide bonds. The Morgan fingerprint density at radius 2 is 2.00 bits per heavy atom. The normalized spacial score (nSPS) is 18.6. The fourth-order valence-corrected chi connectivity index (χ4v) is 3.07. The highest BCUT2D eigenvalue weighted by atomic mass is 16.3. The van der Waals surface area contributed by atoms with Crippen molar-refractivity contribution in [1.29, 1.82) is 0 Å². The number of benzene rings is 1. The van der Waals surface area contributed by atoms with Gasteiger partial charge in [0.05, 0.1) is 6.54 Å². The van der Waals surface area contributed by atoms with Gasteiger partial charge in [0, 0.05) is 25.6 Å².